The molecule has 6 heteroatoms. The van der Waals surface area contributed by atoms with Crippen LogP contribution in [0.3, 0.4) is 0 Å². The zero-order valence-corrected chi connectivity index (χ0v) is 18.5. The Morgan fingerprint density at radius 1 is 1.07 bits per heavy atom. The Labute approximate surface area is 182 Å². The Bertz CT molecular complexity index is 1020. The largest absolute Gasteiger partial charge is 0.489 e. The molecule has 150 valence electrons. The highest BCUT2D eigenvalue weighted by Gasteiger charge is 2.08. The van der Waals surface area contributed by atoms with Crippen LogP contribution in [0.2, 0.25) is 0 Å². The van der Waals surface area contributed by atoms with E-state index >= 15 is 0 Å². The molecule has 1 aromatic heterocycles. The van der Waals surface area contributed by atoms with E-state index in [1.54, 1.807) is 23.5 Å². The van der Waals surface area contributed by atoms with E-state index in [2.05, 4.69) is 53.2 Å². The molecule has 0 saturated heterocycles. The first-order valence-electron chi connectivity index (χ1n) is 9.03. The molecule has 0 bridgehead atoms. The lowest BCUT2D eigenvalue weighted by molar-refractivity contribution is -0.139. The molecule has 0 unspecified atom stereocenters. The van der Waals surface area contributed by atoms with E-state index < -0.39 is 5.97 Å². The standard InChI is InChI=1S/C23H21BrO4S/c1-15-13-19(8-9-21(15)28-14-23(25)26)27-12-11-20(22-10-3-16(2)29-22)17-4-6-18(24)7-5-17/h3-11,13H,12,14H2,1-2H3,(H,25,26)/b20-11-. The molecule has 0 saturated carbocycles. The minimum atomic E-state index is -1.00. The van der Waals surface area contributed by atoms with Crippen molar-refractivity contribution in [2.75, 3.05) is 13.2 Å². The lowest BCUT2D eigenvalue weighted by atomic mass is 10.0. The molecule has 0 aliphatic rings. The van der Waals surface area contributed by atoms with E-state index in [1.807, 2.05) is 25.1 Å². The second-order valence-electron chi connectivity index (χ2n) is 6.46. The Kier molecular flexibility index (Phi) is 7.12. The van der Waals surface area contributed by atoms with Gasteiger partial charge in [-0.1, -0.05) is 28.1 Å². The molecule has 0 amide bonds. The lowest BCUT2D eigenvalue weighted by Gasteiger charge is -2.11. The van der Waals surface area contributed by atoms with Crippen molar-refractivity contribution in [3.05, 3.63) is 86.0 Å². The predicted molar refractivity (Wildman–Crippen MR) is 120 cm³/mol. The molecule has 0 aliphatic carbocycles. The fraction of sp³-hybridized carbons (Fsp3) is 0.174. The normalized spacial score (nSPS) is 11.3. The van der Waals surface area contributed by atoms with Gasteiger partial charge in [0.25, 0.3) is 0 Å². The quantitative estimate of drug-likeness (QED) is 0.430. The van der Waals surface area contributed by atoms with Crippen molar-refractivity contribution in [1.82, 2.24) is 0 Å². The first-order valence-corrected chi connectivity index (χ1v) is 10.6. The van der Waals surface area contributed by atoms with Crippen molar-refractivity contribution < 1.29 is 19.4 Å². The van der Waals surface area contributed by atoms with E-state index in [0.29, 0.717) is 18.1 Å². The van der Waals surface area contributed by atoms with E-state index in [9.17, 15) is 4.79 Å². The second-order valence-corrected chi connectivity index (χ2v) is 8.66. The van der Waals surface area contributed by atoms with Crippen LogP contribution in [-0.2, 0) is 4.79 Å². The minimum Gasteiger partial charge on any atom is -0.489 e. The van der Waals surface area contributed by atoms with Crippen LogP contribution < -0.4 is 9.47 Å². The number of carbonyl (C=O) groups is 1. The van der Waals surface area contributed by atoms with Gasteiger partial charge in [0.1, 0.15) is 18.1 Å². The smallest absolute Gasteiger partial charge is 0.341 e. The third-order valence-corrected chi connectivity index (χ3v) is 5.76. The zero-order valence-electron chi connectivity index (χ0n) is 16.1. The molecule has 3 aromatic rings. The third kappa shape index (κ3) is 5.95. The van der Waals surface area contributed by atoms with Crippen molar-refractivity contribution in [3.8, 4) is 11.5 Å². The van der Waals surface area contributed by atoms with E-state index in [1.165, 1.54) is 9.75 Å². The second kappa shape index (κ2) is 9.76. The van der Waals surface area contributed by atoms with E-state index in [0.717, 1.165) is 21.2 Å². The van der Waals surface area contributed by atoms with Crippen LogP contribution in [0.5, 0.6) is 11.5 Å². The number of benzene rings is 2. The number of thiophene rings is 1. The van der Waals surface area contributed by atoms with Gasteiger partial charge in [-0.3, -0.25) is 0 Å². The molecular weight excluding hydrogens is 452 g/mol. The van der Waals surface area contributed by atoms with Gasteiger partial charge in [0.2, 0.25) is 0 Å². The zero-order chi connectivity index (χ0) is 20.8. The molecule has 3 rings (SSSR count). The maximum Gasteiger partial charge on any atom is 0.341 e. The number of hydrogen-bond donors (Lipinski definition) is 1. The van der Waals surface area contributed by atoms with E-state index in [-0.39, 0.29) is 6.61 Å². The Morgan fingerprint density at radius 3 is 2.45 bits per heavy atom. The number of ether oxygens (including phenoxy) is 2. The van der Waals surface area contributed by atoms with Crippen LogP contribution in [-0.4, -0.2) is 24.3 Å². The average Bonchev–Trinajstić information content (AvgIpc) is 3.11. The summed E-state index contributed by atoms with van der Waals surface area (Å²) in [5.41, 5.74) is 3.09. The first-order chi connectivity index (χ1) is 13.9. The highest BCUT2D eigenvalue weighted by Crippen LogP contribution is 2.30. The fourth-order valence-corrected chi connectivity index (χ4v) is 4.00. The number of carboxylic acid groups (broad SMARTS) is 1. The summed E-state index contributed by atoms with van der Waals surface area (Å²) < 4.78 is 12.2. The average molecular weight is 473 g/mol. The summed E-state index contributed by atoms with van der Waals surface area (Å²) in [6.07, 6.45) is 2.08. The van der Waals surface area contributed by atoms with Gasteiger partial charge < -0.3 is 14.6 Å². The van der Waals surface area contributed by atoms with Crippen LogP contribution in [0, 0.1) is 13.8 Å². The number of aliphatic carboxylic acids is 1. The summed E-state index contributed by atoms with van der Waals surface area (Å²) in [4.78, 5) is 13.1. The first kappa shape index (κ1) is 21.1. The Morgan fingerprint density at radius 2 is 1.83 bits per heavy atom. The molecular formula is C23H21BrO4S. The van der Waals surface area contributed by atoms with Crippen LogP contribution in [0.1, 0.15) is 20.9 Å². The van der Waals surface area contributed by atoms with Gasteiger partial charge in [-0.2, -0.15) is 0 Å². The number of halogens is 1. The van der Waals surface area contributed by atoms with Gasteiger partial charge in [0.15, 0.2) is 6.61 Å². The summed E-state index contributed by atoms with van der Waals surface area (Å²) in [5, 5.41) is 8.74. The van der Waals surface area contributed by atoms with Gasteiger partial charge in [0, 0.05) is 14.2 Å². The van der Waals surface area contributed by atoms with Crippen LogP contribution >= 0.6 is 27.3 Å². The molecule has 0 aliphatic heterocycles. The Balaban J connectivity index is 1.75. The molecule has 2 aromatic carbocycles. The van der Waals surface area contributed by atoms with Crippen molar-refractivity contribution >= 4 is 38.8 Å². The topological polar surface area (TPSA) is 55.8 Å². The maximum atomic E-state index is 10.7. The number of hydrogen-bond acceptors (Lipinski definition) is 4. The monoisotopic (exact) mass is 472 g/mol. The molecule has 1 N–H and O–H groups in total. The molecule has 29 heavy (non-hydrogen) atoms. The van der Waals surface area contributed by atoms with E-state index in [4.69, 9.17) is 14.6 Å². The molecule has 0 atom stereocenters. The molecule has 0 fully saturated rings. The van der Waals surface area contributed by atoms with Gasteiger partial charge in [-0.05, 0) is 79.1 Å². The van der Waals surface area contributed by atoms with Crippen LogP contribution in [0.15, 0.2) is 65.1 Å². The minimum absolute atomic E-state index is 0.361. The van der Waals surface area contributed by atoms with Gasteiger partial charge in [-0.15, -0.1) is 11.3 Å². The third-order valence-electron chi connectivity index (χ3n) is 4.20. The fourth-order valence-electron chi connectivity index (χ4n) is 2.80. The summed E-state index contributed by atoms with van der Waals surface area (Å²) in [6, 6.07) is 17.8. The predicted octanol–water partition coefficient (Wildman–Crippen LogP) is 6.10. The molecule has 4 nitrogen and oxygen atoms in total. The summed E-state index contributed by atoms with van der Waals surface area (Å²) in [6.45, 7) is 4.01. The van der Waals surface area contributed by atoms with Crippen molar-refractivity contribution in [2.45, 2.75) is 13.8 Å². The summed E-state index contributed by atoms with van der Waals surface area (Å²) in [5.74, 6) is 0.248. The highest BCUT2D eigenvalue weighted by molar-refractivity contribution is 9.10. The van der Waals surface area contributed by atoms with Gasteiger partial charge >= 0.3 is 5.97 Å². The van der Waals surface area contributed by atoms with Gasteiger partial charge in [0.05, 0.1) is 0 Å². The molecule has 0 spiro atoms. The van der Waals surface area contributed by atoms with Crippen LogP contribution in [0.25, 0.3) is 5.57 Å². The lowest BCUT2D eigenvalue weighted by Crippen LogP contribution is -2.10. The van der Waals surface area contributed by atoms with Crippen molar-refractivity contribution in [3.63, 3.8) is 0 Å². The Hall–Kier alpha value is -2.57. The molecule has 1 heterocycles. The van der Waals surface area contributed by atoms with Crippen LogP contribution in [0.4, 0.5) is 0 Å². The van der Waals surface area contributed by atoms with Gasteiger partial charge in [-0.25, -0.2) is 4.79 Å². The maximum absolute atomic E-state index is 10.7. The highest BCUT2D eigenvalue weighted by atomic mass is 79.9. The summed E-state index contributed by atoms with van der Waals surface area (Å²) in [7, 11) is 0. The SMILES string of the molecule is Cc1ccc(/C(=C\COc2ccc(OCC(=O)O)c(C)c2)c2ccc(Br)cc2)s1. The molecule has 0 radical (unpaired) electrons. The number of carboxylic acids is 1. The number of aryl methyl sites for hydroxylation is 2. The van der Waals surface area contributed by atoms with Crippen molar-refractivity contribution in [2.24, 2.45) is 0 Å². The number of rotatable bonds is 8. The van der Waals surface area contributed by atoms with Crippen molar-refractivity contribution in [1.29, 1.82) is 0 Å². The summed E-state index contributed by atoms with van der Waals surface area (Å²) >= 11 is 5.24.